The molecule has 0 spiro atoms. The summed E-state index contributed by atoms with van der Waals surface area (Å²) < 4.78 is 2.31. The van der Waals surface area contributed by atoms with Crippen LogP contribution in [0.1, 0.15) is 58.8 Å². The van der Waals surface area contributed by atoms with Crippen molar-refractivity contribution in [2.45, 2.75) is 71.4 Å². The first-order valence-electron chi connectivity index (χ1n) is 10.7. The molecule has 0 aliphatic rings. The van der Waals surface area contributed by atoms with Gasteiger partial charge < -0.3 is 15.6 Å². The number of carbonyl (C=O) groups excluding carboxylic acids is 1. The number of nitrogens with zero attached hydrogens (tertiary/aromatic N) is 1. The zero-order chi connectivity index (χ0) is 19.9. The highest BCUT2D eigenvalue weighted by Gasteiger charge is 2.15. The van der Waals surface area contributed by atoms with E-state index in [1.165, 1.54) is 47.5 Å². The van der Waals surface area contributed by atoms with E-state index in [9.17, 15) is 4.79 Å². The van der Waals surface area contributed by atoms with Gasteiger partial charge in [0.05, 0.1) is 6.04 Å². The number of hydrogen-bond donors (Lipinski definition) is 2. The van der Waals surface area contributed by atoms with Gasteiger partial charge >= 0.3 is 0 Å². The van der Waals surface area contributed by atoms with Gasteiger partial charge in [0, 0.05) is 34.0 Å². The van der Waals surface area contributed by atoms with E-state index in [-0.39, 0.29) is 5.91 Å². The maximum absolute atomic E-state index is 12.5. The molecule has 28 heavy (non-hydrogen) atoms. The minimum atomic E-state index is -0.446. The molecular weight excluding hydrogens is 346 g/mol. The normalized spacial score (nSPS) is 12.5. The number of para-hydroxylation sites is 1. The lowest BCUT2D eigenvalue weighted by atomic mass is 10.1. The number of hydrogen-bond acceptors (Lipinski definition) is 2. The number of aromatic nitrogens is 1. The Morgan fingerprint density at radius 2 is 1.68 bits per heavy atom. The van der Waals surface area contributed by atoms with E-state index < -0.39 is 6.04 Å². The molecule has 3 rings (SSSR count). The van der Waals surface area contributed by atoms with Gasteiger partial charge in [0.1, 0.15) is 0 Å². The Labute approximate surface area is 168 Å². The number of anilines is 1. The van der Waals surface area contributed by atoms with Gasteiger partial charge in [-0.3, -0.25) is 4.79 Å². The molecule has 0 aliphatic heterocycles. The summed E-state index contributed by atoms with van der Waals surface area (Å²) in [6.07, 6.45) is 7.98. The lowest BCUT2D eigenvalue weighted by Gasteiger charge is -2.12. The van der Waals surface area contributed by atoms with Crippen LogP contribution in [-0.4, -0.2) is 16.5 Å². The second kappa shape index (κ2) is 9.74. The third-order valence-electron chi connectivity index (χ3n) is 5.56. The van der Waals surface area contributed by atoms with Crippen molar-refractivity contribution in [1.29, 1.82) is 0 Å². The summed E-state index contributed by atoms with van der Waals surface area (Å²) in [5.41, 5.74) is 9.35. The summed E-state index contributed by atoms with van der Waals surface area (Å²) in [5, 5.41) is 5.39. The Kier molecular flexibility index (Phi) is 7.10. The van der Waals surface area contributed by atoms with E-state index in [0.717, 1.165) is 31.5 Å². The minimum absolute atomic E-state index is 0.0906. The summed E-state index contributed by atoms with van der Waals surface area (Å²) in [5.74, 6) is -0.0906. The van der Waals surface area contributed by atoms with E-state index in [1.807, 2.05) is 6.07 Å². The number of amides is 1. The molecule has 0 bridgehead atoms. The molecule has 4 nitrogen and oxygen atoms in total. The van der Waals surface area contributed by atoms with Gasteiger partial charge in [-0.15, -0.1) is 0 Å². The molecule has 2 aromatic carbocycles. The van der Waals surface area contributed by atoms with Crippen LogP contribution in [0.3, 0.4) is 0 Å². The Balaban J connectivity index is 1.65. The third kappa shape index (κ3) is 4.56. The SMILES string of the molecule is CCCCCCCCC(N)C(=O)Nc1ccc2c(c1)c1ccccc1n2CC. The fraction of sp³-hybridized carbons (Fsp3) is 0.458. The Morgan fingerprint density at radius 3 is 2.46 bits per heavy atom. The molecule has 0 aliphatic carbocycles. The van der Waals surface area contributed by atoms with Crippen molar-refractivity contribution < 1.29 is 4.79 Å². The molecule has 0 radical (unpaired) electrons. The summed E-state index contributed by atoms with van der Waals surface area (Å²) in [6.45, 7) is 5.29. The first-order valence-corrected chi connectivity index (χ1v) is 10.7. The van der Waals surface area contributed by atoms with Crippen LogP contribution in [0.4, 0.5) is 5.69 Å². The molecule has 3 aromatic rings. The van der Waals surface area contributed by atoms with E-state index in [0.29, 0.717) is 0 Å². The molecule has 3 N–H and O–H groups in total. The van der Waals surface area contributed by atoms with Gasteiger partial charge in [0.25, 0.3) is 0 Å². The summed E-state index contributed by atoms with van der Waals surface area (Å²) in [7, 11) is 0. The molecule has 4 heteroatoms. The van der Waals surface area contributed by atoms with Crippen LogP contribution in [0.15, 0.2) is 42.5 Å². The number of aryl methyl sites for hydroxylation is 1. The van der Waals surface area contributed by atoms with E-state index in [2.05, 4.69) is 60.1 Å². The van der Waals surface area contributed by atoms with Crippen LogP contribution in [-0.2, 0) is 11.3 Å². The van der Waals surface area contributed by atoms with Crippen LogP contribution in [0.2, 0.25) is 0 Å². The van der Waals surface area contributed by atoms with Gasteiger partial charge in [0.2, 0.25) is 5.91 Å². The average molecular weight is 380 g/mol. The number of carbonyl (C=O) groups is 1. The second-order valence-electron chi connectivity index (χ2n) is 7.65. The Morgan fingerprint density at radius 1 is 0.964 bits per heavy atom. The molecule has 1 aromatic heterocycles. The fourth-order valence-corrected chi connectivity index (χ4v) is 3.98. The van der Waals surface area contributed by atoms with Gasteiger partial charge in [-0.1, -0.05) is 63.6 Å². The predicted molar refractivity (Wildman–Crippen MR) is 120 cm³/mol. The first-order chi connectivity index (χ1) is 13.7. The van der Waals surface area contributed by atoms with E-state index in [4.69, 9.17) is 5.73 Å². The highest BCUT2D eigenvalue weighted by molar-refractivity contribution is 6.10. The molecule has 150 valence electrons. The third-order valence-corrected chi connectivity index (χ3v) is 5.56. The first kappa shape index (κ1) is 20.4. The van der Waals surface area contributed by atoms with E-state index >= 15 is 0 Å². The van der Waals surface area contributed by atoms with Crippen LogP contribution >= 0.6 is 0 Å². The van der Waals surface area contributed by atoms with Crippen LogP contribution in [0, 0.1) is 0 Å². The van der Waals surface area contributed by atoms with Crippen molar-refractivity contribution >= 4 is 33.4 Å². The van der Waals surface area contributed by atoms with Crippen molar-refractivity contribution in [3.8, 4) is 0 Å². The van der Waals surface area contributed by atoms with Gasteiger partial charge in [0.15, 0.2) is 0 Å². The quantitative estimate of drug-likeness (QED) is 0.435. The smallest absolute Gasteiger partial charge is 0.241 e. The lowest BCUT2D eigenvalue weighted by molar-refractivity contribution is -0.117. The molecule has 1 amide bonds. The topological polar surface area (TPSA) is 60.1 Å². The Hall–Kier alpha value is -2.33. The maximum atomic E-state index is 12.5. The lowest BCUT2D eigenvalue weighted by Crippen LogP contribution is -2.35. The molecule has 0 fully saturated rings. The van der Waals surface area contributed by atoms with Gasteiger partial charge in [-0.2, -0.15) is 0 Å². The molecule has 1 atom stereocenters. The highest BCUT2D eigenvalue weighted by atomic mass is 16.2. The monoisotopic (exact) mass is 379 g/mol. The summed E-state index contributed by atoms with van der Waals surface area (Å²) in [4.78, 5) is 12.5. The number of nitrogens with one attached hydrogen (secondary N) is 1. The largest absolute Gasteiger partial charge is 0.341 e. The average Bonchev–Trinajstić information content (AvgIpc) is 3.03. The number of benzene rings is 2. The molecule has 0 saturated carbocycles. The molecular formula is C24H33N3O. The Bertz CT molecular complexity index is 928. The second-order valence-corrected chi connectivity index (χ2v) is 7.65. The number of unbranched alkanes of at least 4 members (excludes halogenated alkanes) is 5. The summed E-state index contributed by atoms with van der Waals surface area (Å²) in [6, 6.07) is 14.1. The zero-order valence-corrected chi connectivity index (χ0v) is 17.2. The van der Waals surface area contributed by atoms with E-state index in [1.54, 1.807) is 0 Å². The standard InChI is InChI=1S/C24H33N3O/c1-3-5-6-7-8-9-13-21(25)24(28)26-18-15-16-23-20(17-18)19-12-10-11-14-22(19)27(23)4-2/h10-12,14-17,21H,3-9,13,25H2,1-2H3,(H,26,28). The van der Waals surface area contributed by atoms with Crippen molar-refractivity contribution in [2.24, 2.45) is 5.73 Å². The van der Waals surface area contributed by atoms with Crippen molar-refractivity contribution in [1.82, 2.24) is 4.57 Å². The molecule has 1 unspecified atom stereocenters. The zero-order valence-electron chi connectivity index (χ0n) is 17.2. The molecule has 1 heterocycles. The fourth-order valence-electron chi connectivity index (χ4n) is 3.98. The van der Waals surface area contributed by atoms with Gasteiger partial charge in [-0.05, 0) is 37.6 Å². The van der Waals surface area contributed by atoms with Crippen molar-refractivity contribution in [2.75, 3.05) is 5.32 Å². The number of rotatable bonds is 10. The van der Waals surface area contributed by atoms with Gasteiger partial charge in [-0.25, -0.2) is 0 Å². The van der Waals surface area contributed by atoms with Crippen LogP contribution in [0.25, 0.3) is 21.8 Å². The van der Waals surface area contributed by atoms with Crippen LogP contribution in [0.5, 0.6) is 0 Å². The molecule has 0 saturated heterocycles. The number of fused-ring (bicyclic) bond motifs is 3. The van der Waals surface area contributed by atoms with Crippen molar-refractivity contribution in [3.05, 3.63) is 42.5 Å². The minimum Gasteiger partial charge on any atom is -0.341 e. The van der Waals surface area contributed by atoms with Crippen LogP contribution < -0.4 is 11.1 Å². The van der Waals surface area contributed by atoms with Crippen molar-refractivity contribution in [3.63, 3.8) is 0 Å². The highest BCUT2D eigenvalue weighted by Crippen LogP contribution is 2.31. The predicted octanol–water partition coefficient (Wildman–Crippen LogP) is 5.83. The number of nitrogens with two attached hydrogens (primary N) is 1. The summed E-state index contributed by atoms with van der Waals surface area (Å²) >= 11 is 0. The maximum Gasteiger partial charge on any atom is 0.241 e.